The molecule has 8 nitrogen and oxygen atoms in total. The highest BCUT2D eigenvalue weighted by Gasteiger charge is 2.44. The predicted molar refractivity (Wildman–Crippen MR) is 130 cm³/mol. The number of likely N-dealkylation sites (tertiary alicyclic amines) is 1. The number of nitrogens with zero attached hydrogens (tertiary/aromatic N) is 3. The lowest BCUT2D eigenvalue weighted by Crippen LogP contribution is -2.50. The van der Waals surface area contributed by atoms with Crippen LogP contribution in [0.1, 0.15) is 56.4 Å². The summed E-state index contributed by atoms with van der Waals surface area (Å²) in [4.78, 5) is 40.8. The monoisotopic (exact) mass is 523 g/mol. The number of hydrogen-bond acceptors (Lipinski definition) is 5. The first-order chi connectivity index (χ1) is 16.9. The van der Waals surface area contributed by atoms with Gasteiger partial charge >= 0.3 is 12.1 Å². The Morgan fingerprint density at radius 2 is 1.92 bits per heavy atom. The summed E-state index contributed by atoms with van der Waals surface area (Å²) >= 11 is 6.72. The van der Waals surface area contributed by atoms with Gasteiger partial charge in [-0.15, -0.1) is 0 Å². The van der Waals surface area contributed by atoms with Crippen LogP contribution in [0.3, 0.4) is 0 Å². The minimum atomic E-state index is -1.47. The maximum Gasteiger partial charge on any atom is 0.410 e. The van der Waals surface area contributed by atoms with Crippen LogP contribution in [0, 0.1) is 11.7 Å². The van der Waals surface area contributed by atoms with Gasteiger partial charge in [0.15, 0.2) is 0 Å². The molecule has 5 rings (SSSR count). The van der Waals surface area contributed by atoms with Gasteiger partial charge in [0.05, 0.1) is 33.7 Å². The largest absolute Gasteiger partial charge is 0.477 e. The van der Waals surface area contributed by atoms with E-state index in [9.17, 15) is 23.9 Å². The Balaban J connectivity index is 1.56. The van der Waals surface area contributed by atoms with Gasteiger partial charge in [0.1, 0.15) is 23.2 Å². The summed E-state index contributed by atoms with van der Waals surface area (Å²) < 4.78 is 36.5. The van der Waals surface area contributed by atoms with Crippen molar-refractivity contribution in [2.75, 3.05) is 24.5 Å². The smallest absolute Gasteiger partial charge is 0.410 e. The fourth-order valence-electron chi connectivity index (χ4n) is 5.49. The number of carboxylic acid groups (broad SMARTS) is 1. The van der Waals surface area contributed by atoms with Crippen LogP contribution >= 0.6 is 11.6 Å². The van der Waals surface area contributed by atoms with Crippen molar-refractivity contribution in [1.82, 2.24) is 9.47 Å². The average molecular weight is 524 g/mol. The van der Waals surface area contributed by atoms with E-state index in [4.69, 9.17) is 16.3 Å². The molecule has 1 aromatic carbocycles. The van der Waals surface area contributed by atoms with Gasteiger partial charge < -0.3 is 24.2 Å². The van der Waals surface area contributed by atoms with E-state index in [1.807, 2.05) is 0 Å². The molecule has 3 heterocycles. The highest BCUT2D eigenvalue weighted by molar-refractivity contribution is 6.38. The van der Waals surface area contributed by atoms with Crippen LogP contribution < -0.4 is 10.3 Å². The molecule has 3 aliphatic rings. The minimum absolute atomic E-state index is 0.0648. The van der Waals surface area contributed by atoms with Crippen molar-refractivity contribution in [2.24, 2.45) is 5.92 Å². The summed E-state index contributed by atoms with van der Waals surface area (Å²) in [6, 6.07) is 0.117. The second-order valence-electron chi connectivity index (χ2n) is 10.9. The molecule has 1 amide bonds. The Bertz CT molecular complexity index is 1320. The van der Waals surface area contributed by atoms with Gasteiger partial charge in [-0.3, -0.25) is 4.79 Å². The van der Waals surface area contributed by atoms with E-state index in [1.165, 1.54) is 4.57 Å². The van der Waals surface area contributed by atoms with E-state index in [-0.39, 0.29) is 40.0 Å². The molecule has 1 N–H and O–H groups in total. The Hall–Kier alpha value is -2.88. The molecule has 1 aromatic heterocycles. The number of alkyl halides is 1. The Labute approximate surface area is 211 Å². The van der Waals surface area contributed by atoms with Gasteiger partial charge in [0.25, 0.3) is 0 Å². The first-order valence-electron chi connectivity index (χ1n) is 12.1. The maximum absolute atomic E-state index is 15.5. The Kier molecular flexibility index (Phi) is 5.93. The quantitative estimate of drug-likeness (QED) is 0.631. The maximum atomic E-state index is 15.5. The van der Waals surface area contributed by atoms with E-state index in [0.717, 1.165) is 25.1 Å². The van der Waals surface area contributed by atoms with Crippen LogP contribution in [0.2, 0.25) is 5.02 Å². The fraction of sp³-hybridized carbons (Fsp3) is 0.560. The summed E-state index contributed by atoms with van der Waals surface area (Å²) in [6.07, 6.45) is 1.27. The number of carbonyl (C=O) groups excluding carboxylic acids is 1. The number of aromatic carboxylic acids is 1. The number of carboxylic acids is 1. The lowest BCUT2D eigenvalue weighted by Gasteiger charge is -2.37. The number of pyridine rings is 1. The van der Waals surface area contributed by atoms with Crippen LogP contribution in [0.5, 0.6) is 0 Å². The number of anilines is 1. The van der Waals surface area contributed by atoms with Crippen molar-refractivity contribution in [2.45, 2.75) is 63.9 Å². The number of aromatic nitrogens is 1. The Morgan fingerprint density at radius 1 is 1.22 bits per heavy atom. The summed E-state index contributed by atoms with van der Waals surface area (Å²) in [5, 5.41) is 9.19. The van der Waals surface area contributed by atoms with Gasteiger partial charge in [-0.2, -0.15) is 0 Å². The van der Waals surface area contributed by atoms with E-state index in [0.29, 0.717) is 19.6 Å². The molecule has 3 fully saturated rings. The van der Waals surface area contributed by atoms with Crippen molar-refractivity contribution in [3.8, 4) is 0 Å². The number of amides is 1. The standard InChI is InChI=1S/C25H28ClF2N3O5/c1-25(2,3)36-24(35)30-6-4-5-12-9-29(11-18(12)30)21-16(28)7-13-20(19(21)26)31(17-8-15(17)27)10-14(22(13)32)23(33)34/h7,10,12,15,17-18H,4-6,8-9,11H2,1-3H3,(H,33,34). The van der Waals surface area contributed by atoms with Crippen molar-refractivity contribution < 1.29 is 28.2 Å². The third kappa shape index (κ3) is 4.19. The number of carbonyl (C=O) groups is 2. The van der Waals surface area contributed by atoms with Crippen molar-refractivity contribution >= 4 is 40.3 Å². The third-order valence-corrected chi connectivity index (χ3v) is 7.54. The lowest BCUT2D eigenvalue weighted by molar-refractivity contribution is 0.00668. The molecule has 0 spiro atoms. The van der Waals surface area contributed by atoms with Crippen LogP contribution in [-0.2, 0) is 4.74 Å². The zero-order valence-electron chi connectivity index (χ0n) is 20.3. The molecular formula is C25H28ClF2N3O5. The summed E-state index contributed by atoms with van der Waals surface area (Å²) in [5.74, 6) is -2.17. The molecule has 0 radical (unpaired) electrons. The number of halogens is 3. The third-order valence-electron chi connectivity index (χ3n) is 7.18. The first kappa shape index (κ1) is 24.8. The Morgan fingerprint density at radius 3 is 2.53 bits per heavy atom. The molecule has 1 saturated carbocycles. The molecule has 4 atom stereocenters. The van der Waals surface area contributed by atoms with Crippen LogP contribution in [0.15, 0.2) is 17.1 Å². The molecule has 2 aliphatic heterocycles. The number of benzene rings is 1. The van der Waals surface area contributed by atoms with Gasteiger partial charge in [0, 0.05) is 32.3 Å². The van der Waals surface area contributed by atoms with Crippen molar-refractivity contribution in [1.29, 1.82) is 0 Å². The zero-order valence-corrected chi connectivity index (χ0v) is 21.0. The predicted octanol–water partition coefficient (Wildman–Crippen LogP) is 4.61. The zero-order chi connectivity index (χ0) is 26.1. The second-order valence-corrected chi connectivity index (χ2v) is 11.2. The summed E-state index contributed by atoms with van der Waals surface area (Å²) in [7, 11) is 0. The fourth-order valence-corrected chi connectivity index (χ4v) is 5.89. The van der Waals surface area contributed by atoms with Crippen molar-refractivity contribution in [3.63, 3.8) is 0 Å². The highest BCUT2D eigenvalue weighted by atomic mass is 35.5. The summed E-state index contributed by atoms with van der Waals surface area (Å²) in [5.41, 5.74) is -1.90. The first-order valence-corrected chi connectivity index (χ1v) is 12.4. The molecule has 2 aromatic rings. The van der Waals surface area contributed by atoms with Gasteiger partial charge in [-0.25, -0.2) is 18.4 Å². The molecule has 1 aliphatic carbocycles. The molecule has 2 saturated heterocycles. The van der Waals surface area contributed by atoms with Gasteiger partial charge in [0.2, 0.25) is 5.43 Å². The number of fused-ring (bicyclic) bond motifs is 2. The SMILES string of the molecule is CC(C)(C)OC(=O)N1CCCC2CN(c3c(F)cc4c(=O)c(C(=O)O)cn(C5CC5F)c4c3Cl)CC21. The number of ether oxygens (including phenoxy) is 1. The van der Waals surface area contributed by atoms with E-state index >= 15 is 4.39 Å². The van der Waals surface area contributed by atoms with E-state index in [1.54, 1.807) is 30.6 Å². The van der Waals surface area contributed by atoms with Crippen molar-refractivity contribution in [3.05, 3.63) is 38.9 Å². The molecule has 4 unspecified atom stereocenters. The van der Waals surface area contributed by atoms with Gasteiger partial charge in [-0.05, 0) is 45.6 Å². The normalized spacial score (nSPS) is 25.7. The second kappa shape index (κ2) is 8.61. The molecule has 36 heavy (non-hydrogen) atoms. The average Bonchev–Trinajstić information content (AvgIpc) is 3.34. The van der Waals surface area contributed by atoms with Crippen LogP contribution in [0.4, 0.5) is 19.3 Å². The molecule has 194 valence electrons. The highest BCUT2D eigenvalue weighted by Crippen LogP contribution is 2.45. The topological polar surface area (TPSA) is 92.1 Å². The lowest BCUT2D eigenvalue weighted by atomic mass is 9.92. The molecular weight excluding hydrogens is 496 g/mol. The summed E-state index contributed by atoms with van der Waals surface area (Å²) in [6.45, 7) is 6.70. The van der Waals surface area contributed by atoms with E-state index in [2.05, 4.69) is 0 Å². The van der Waals surface area contributed by atoms with Crippen LogP contribution in [0.25, 0.3) is 10.9 Å². The number of rotatable bonds is 3. The van der Waals surface area contributed by atoms with Crippen LogP contribution in [-0.4, -0.2) is 64.1 Å². The number of hydrogen-bond donors (Lipinski definition) is 1. The van der Waals surface area contributed by atoms with Gasteiger partial charge in [-0.1, -0.05) is 11.6 Å². The van der Waals surface area contributed by atoms with E-state index < -0.39 is 46.7 Å². The molecule has 0 bridgehead atoms. The number of piperidine rings is 1. The minimum Gasteiger partial charge on any atom is -0.477 e. The molecule has 11 heteroatoms.